The van der Waals surface area contributed by atoms with Crippen molar-refractivity contribution in [2.45, 2.75) is 15.4 Å². The van der Waals surface area contributed by atoms with E-state index in [0.29, 0.717) is 4.08 Å². The largest absolute Gasteiger partial charge is 0.138 e. The van der Waals surface area contributed by atoms with Crippen LogP contribution in [0.3, 0.4) is 0 Å². The van der Waals surface area contributed by atoms with E-state index in [4.69, 9.17) is 11.6 Å². The highest BCUT2D eigenvalue weighted by Crippen LogP contribution is 2.59. The molecule has 1 fully saturated rings. The van der Waals surface area contributed by atoms with Crippen LogP contribution in [0.4, 0.5) is 0 Å². The maximum absolute atomic E-state index is 6.11. The zero-order valence-corrected chi connectivity index (χ0v) is 11.4. The lowest BCUT2D eigenvalue weighted by atomic mass is 10.1. The van der Waals surface area contributed by atoms with Gasteiger partial charge in [-0.2, -0.15) is 0 Å². The van der Waals surface area contributed by atoms with Crippen molar-refractivity contribution in [3.05, 3.63) is 28.8 Å². The van der Waals surface area contributed by atoms with Crippen molar-refractivity contribution in [2.75, 3.05) is 17.3 Å². The molecule has 0 aromatic heterocycles. The van der Waals surface area contributed by atoms with Crippen molar-refractivity contribution in [1.29, 1.82) is 0 Å². The first-order valence-corrected chi connectivity index (χ1v) is 8.34. The van der Waals surface area contributed by atoms with Crippen LogP contribution in [0.1, 0.15) is 12.0 Å². The van der Waals surface area contributed by atoms with Crippen LogP contribution in [0, 0.1) is 0 Å². The standard InChI is InChI=1S/C11H11ClS3/c12-8-1-2-10-9(7-8)11(3-4-13-10)14-5-6-15-11/h1-2,7H,3-6H2. The molecule has 0 radical (unpaired) electrons. The van der Waals surface area contributed by atoms with Crippen molar-refractivity contribution < 1.29 is 0 Å². The molecule has 0 bridgehead atoms. The van der Waals surface area contributed by atoms with Gasteiger partial charge in [0, 0.05) is 27.2 Å². The fourth-order valence-corrected chi connectivity index (χ4v) is 7.15. The number of thioether (sulfide) groups is 3. The summed E-state index contributed by atoms with van der Waals surface area (Å²) in [6.45, 7) is 0. The number of hydrogen-bond donors (Lipinski definition) is 0. The minimum absolute atomic E-state index is 0.325. The highest BCUT2D eigenvalue weighted by molar-refractivity contribution is 8.20. The van der Waals surface area contributed by atoms with Gasteiger partial charge in [0.1, 0.15) is 0 Å². The first kappa shape index (κ1) is 10.7. The third-order valence-corrected chi connectivity index (χ3v) is 7.67. The quantitative estimate of drug-likeness (QED) is 0.685. The maximum Gasteiger partial charge on any atom is 0.0880 e. The monoisotopic (exact) mass is 274 g/mol. The lowest BCUT2D eigenvalue weighted by Crippen LogP contribution is -2.20. The molecular formula is C11H11ClS3. The Morgan fingerprint density at radius 2 is 1.93 bits per heavy atom. The lowest BCUT2D eigenvalue weighted by molar-refractivity contribution is 0.812. The highest BCUT2D eigenvalue weighted by atomic mass is 35.5. The van der Waals surface area contributed by atoms with Crippen molar-refractivity contribution in [3.8, 4) is 0 Å². The summed E-state index contributed by atoms with van der Waals surface area (Å²) < 4.78 is 0.325. The van der Waals surface area contributed by atoms with Gasteiger partial charge in [0.15, 0.2) is 0 Å². The molecule has 80 valence electrons. The molecule has 0 nitrogen and oxygen atoms in total. The first-order valence-electron chi connectivity index (χ1n) is 5.01. The molecule has 0 saturated carbocycles. The average Bonchev–Trinajstić information content (AvgIpc) is 2.69. The molecule has 0 unspecified atom stereocenters. The summed E-state index contributed by atoms with van der Waals surface area (Å²) in [5.74, 6) is 3.80. The summed E-state index contributed by atoms with van der Waals surface area (Å²) in [6, 6.07) is 6.37. The van der Waals surface area contributed by atoms with Gasteiger partial charge in [-0.3, -0.25) is 0 Å². The minimum atomic E-state index is 0.325. The van der Waals surface area contributed by atoms with E-state index in [2.05, 4.69) is 35.7 Å². The van der Waals surface area contributed by atoms with Gasteiger partial charge in [-0.1, -0.05) is 11.6 Å². The Hall–Kier alpha value is 0.560. The molecule has 1 aromatic carbocycles. The Bertz CT molecular complexity index is 385. The summed E-state index contributed by atoms with van der Waals surface area (Å²) in [4.78, 5) is 1.44. The van der Waals surface area contributed by atoms with Crippen molar-refractivity contribution in [1.82, 2.24) is 0 Å². The summed E-state index contributed by atoms with van der Waals surface area (Å²) in [5.41, 5.74) is 1.47. The Labute approximate surface area is 108 Å². The van der Waals surface area contributed by atoms with Crippen LogP contribution >= 0.6 is 46.9 Å². The molecule has 0 atom stereocenters. The van der Waals surface area contributed by atoms with E-state index in [1.807, 2.05) is 17.8 Å². The zero-order chi connectivity index (χ0) is 10.3. The molecule has 2 heterocycles. The molecule has 1 spiro atoms. The number of benzene rings is 1. The second kappa shape index (κ2) is 4.10. The SMILES string of the molecule is Clc1ccc2c(c1)C1(CCS2)SCCS1. The van der Waals surface area contributed by atoms with Gasteiger partial charge in [-0.05, 0) is 30.2 Å². The van der Waals surface area contributed by atoms with Crippen molar-refractivity contribution in [3.63, 3.8) is 0 Å². The highest BCUT2D eigenvalue weighted by Gasteiger charge is 2.41. The molecule has 0 amide bonds. The smallest absolute Gasteiger partial charge is 0.0880 e. The van der Waals surface area contributed by atoms with Crippen molar-refractivity contribution in [2.24, 2.45) is 0 Å². The molecule has 1 aromatic rings. The second-order valence-corrected chi connectivity index (χ2v) is 8.31. The van der Waals surface area contributed by atoms with Gasteiger partial charge in [0.05, 0.1) is 4.08 Å². The van der Waals surface area contributed by atoms with Crippen LogP contribution in [0.2, 0.25) is 5.02 Å². The number of rotatable bonds is 0. The third kappa shape index (κ3) is 1.82. The molecule has 15 heavy (non-hydrogen) atoms. The zero-order valence-electron chi connectivity index (χ0n) is 8.16. The molecule has 2 aliphatic heterocycles. The van der Waals surface area contributed by atoms with Crippen LogP contribution in [-0.4, -0.2) is 17.3 Å². The predicted octanol–water partition coefficient (Wildman–Crippen LogP) is 4.47. The summed E-state index contributed by atoms with van der Waals surface area (Å²) in [7, 11) is 0. The van der Waals surface area contributed by atoms with Gasteiger partial charge in [-0.15, -0.1) is 35.3 Å². The van der Waals surface area contributed by atoms with E-state index < -0.39 is 0 Å². The molecule has 2 aliphatic rings. The number of fused-ring (bicyclic) bond motifs is 2. The summed E-state index contributed by atoms with van der Waals surface area (Å²) in [5, 5.41) is 0.878. The maximum atomic E-state index is 6.11. The first-order chi connectivity index (χ1) is 7.30. The fraction of sp³-hybridized carbons (Fsp3) is 0.455. The van der Waals surface area contributed by atoms with Gasteiger partial charge in [0.25, 0.3) is 0 Å². The second-order valence-electron chi connectivity index (χ2n) is 3.69. The van der Waals surface area contributed by atoms with Gasteiger partial charge >= 0.3 is 0 Å². The Morgan fingerprint density at radius 1 is 1.13 bits per heavy atom. The molecular weight excluding hydrogens is 264 g/mol. The Morgan fingerprint density at radius 3 is 2.73 bits per heavy atom. The summed E-state index contributed by atoms with van der Waals surface area (Å²) in [6.07, 6.45) is 1.28. The van der Waals surface area contributed by atoms with Gasteiger partial charge in [-0.25, -0.2) is 0 Å². The number of halogens is 1. The van der Waals surface area contributed by atoms with Crippen LogP contribution < -0.4 is 0 Å². The van der Waals surface area contributed by atoms with E-state index in [1.165, 1.54) is 34.1 Å². The Balaban J connectivity index is 2.12. The van der Waals surface area contributed by atoms with Gasteiger partial charge < -0.3 is 0 Å². The normalized spacial score (nSPS) is 23.0. The van der Waals surface area contributed by atoms with Crippen LogP contribution in [0.15, 0.2) is 23.1 Å². The molecule has 1 saturated heterocycles. The van der Waals surface area contributed by atoms with E-state index in [-0.39, 0.29) is 0 Å². The molecule has 0 aliphatic carbocycles. The third-order valence-electron chi connectivity index (χ3n) is 2.79. The fourth-order valence-electron chi connectivity index (χ4n) is 2.11. The molecule has 4 heteroatoms. The lowest BCUT2D eigenvalue weighted by Gasteiger charge is -2.33. The molecule has 0 N–H and O–H groups in total. The van der Waals surface area contributed by atoms with E-state index in [9.17, 15) is 0 Å². The van der Waals surface area contributed by atoms with Crippen LogP contribution in [-0.2, 0) is 4.08 Å². The van der Waals surface area contributed by atoms with E-state index >= 15 is 0 Å². The molecule has 3 rings (SSSR count). The van der Waals surface area contributed by atoms with Crippen LogP contribution in [0.25, 0.3) is 0 Å². The van der Waals surface area contributed by atoms with Crippen molar-refractivity contribution >= 4 is 46.9 Å². The van der Waals surface area contributed by atoms with Crippen LogP contribution in [0.5, 0.6) is 0 Å². The number of hydrogen-bond acceptors (Lipinski definition) is 3. The van der Waals surface area contributed by atoms with E-state index in [1.54, 1.807) is 0 Å². The van der Waals surface area contributed by atoms with Gasteiger partial charge in [0.2, 0.25) is 0 Å². The minimum Gasteiger partial charge on any atom is -0.138 e. The average molecular weight is 275 g/mol. The Kier molecular flexibility index (Phi) is 2.92. The predicted molar refractivity (Wildman–Crippen MR) is 73.4 cm³/mol. The summed E-state index contributed by atoms with van der Waals surface area (Å²) >= 11 is 12.3. The van der Waals surface area contributed by atoms with E-state index in [0.717, 1.165) is 5.02 Å². The topological polar surface area (TPSA) is 0 Å².